The maximum absolute atomic E-state index is 12.7. The van der Waals surface area contributed by atoms with E-state index in [0.717, 1.165) is 50.0 Å². The Morgan fingerprint density at radius 3 is 2.19 bits per heavy atom. The number of amides is 1. The smallest absolute Gasteiger partial charge is 0.220 e. The molecule has 1 amide bonds. The van der Waals surface area contributed by atoms with Crippen molar-refractivity contribution in [1.29, 1.82) is 0 Å². The van der Waals surface area contributed by atoms with E-state index in [-0.39, 0.29) is 11.3 Å². The highest BCUT2D eigenvalue weighted by molar-refractivity contribution is 5.76. The van der Waals surface area contributed by atoms with E-state index in [2.05, 4.69) is 95.6 Å². The van der Waals surface area contributed by atoms with Crippen molar-refractivity contribution in [3.05, 3.63) is 131 Å². The Labute approximate surface area is 257 Å². The number of carbonyl (C=O) groups excluding carboxylic acids is 1. The third-order valence-corrected chi connectivity index (χ3v) is 9.19. The van der Waals surface area contributed by atoms with Crippen LogP contribution in [0.1, 0.15) is 67.2 Å². The molecule has 0 fully saturated rings. The van der Waals surface area contributed by atoms with Crippen LogP contribution in [0.2, 0.25) is 0 Å². The number of carbonyl (C=O) groups is 1. The van der Waals surface area contributed by atoms with Crippen LogP contribution in [0.5, 0.6) is 5.75 Å². The summed E-state index contributed by atoms with van der Waals surface area (Å²) in [6.45, 7) is 1.73. The number of fused-ring (bicyclic) bond motifs is 1. The van der Waals surface area contributed by atoms with Gasteiger partial charge in [-0.15, -0.1) is 0 Å². The van der Waals surface area contributed by atoms with Crippen LogP contribution in [0.4, 0.5) is 5.69 Å². The molecule has 4 nitrogen and oxygen atoms in total. The topological polar surface area (TPSA) is 50.4 Å². The molecule has 0 saturated carbocycles. The minimum Gasteiger partial charge on any atom is -0.497 e. The van der Waals surface area contributed by atoms with Crippen LogP contribution in [0, 0.1) is 5.92 Å². The molecule has 224 valence electrons. The van der Waals surface area contributed by atoms with Gasteiger partial charge in [-0.1, -0.05) is 97.4 Å². The Hall–Kier alpha value is -4.05. The monoisotopic (exact) mass is 574 g/mol. The highest BCUT2D eigenvalue weighted by Crippen LogP contribution is 2.42. The predicted octanol–water partition coefficient (Wildman–Crippen LogP) is 8.36. The van der Waals surface area contributed by atoms with Gasteiger partial charge < -0.3 is 15.4 Å². The van der Waals surface area contributed by atoms with Gasteiger partial charge >= 0.3 is 0 Å². The van der Waals surface area contributed by atoms with Crippen LogP contribution in [-0.2, 0) is 23.1 Å². The molecule has 1 unspecified atom stereocenters. The highest BCUT2D eigenvalue weighted by atomic mass is 16.5. The molecule has 1 aliphatic rings. The first-order valence-corrected chi connectivity index (χ1v) is 16.0. The van der Waals surface area contributed by atoms with E-state index in [9.17, 15) is 4.79 Å². The second kappa shape index (κ2) is 15.4. The first-order valence-electron chi connectivity index (χ1n) is 16.0. The lowest BCUT2D eigenvalue weighted by atomic mass is 9.68. The summed E-state index contributed by atoms with van der Waals surface area (Å²) >= 11 is 0. The fourth-order valence-electron chi connectivity index (χ4n) is 6.71. The van der Waals surface area contributed by atoms with Crippen molar-refractivity contribution in [2.24, 2.45) is 5.92 Å². The molecular formula is C39H46N2O2. The number of hydrogen-bond donors (Lipinski definition) is 2. The molecule has 43 heavy (non-hydrogen) atoms. The van der Waals surface area contributed by atoms with Gasteiger partial charge in [0.15, 0.2) is 0 Å². The Morgan fingerprint density at radius 2 is 1.49 bits per heavy atom. The van der Waals surface area contributed by atoms with E-state index >= 15 is 0 Å². The summed E-state index contributed by atoms with van der Waals surface area (Å²) in [4.78, 5) is 12.7. The van der Waals surface area contributed by atoms with Crippen molar-refractivity contribution in [3.8, 4) is 5.75 Å². The Kier molecular flexibility index (Phi) is 10.9. The van der Waals surface area contributed by atoms with Gasteiger partial charge in [-0.25, -0.2) is 0 Å². The summed E-state index contributed by atoms with van der Waals surface area (Å²) in [5.41, 5.74) is 6.56. The first kappa shape index (κ1) is 30.4. The van der Waals surface area contributed by atoms with Gasteiger partial charge in [0.1, 0.15) is 5.75 Å². The summed E-state index contributed by atoms with van der Waals surface area (Å²) in [6, 6.07) is 38.8. The zero-order valence-electron chi connectivity index (χ0n) is 25.6. The molecule has 2 N–H and O–H groups in total. The minimum absolute atomic E-state index is 0.0858. The quantitative estimate of drug-likeness (QED) is 0.149. The number of para-hydroxylation sites is 1. The van der Waals surface area contributed by atoms with Crippen LogP contribution < -0.4 is 15.4 Å². The molecule has 1 aliphatic heterocycles. The summed E-state index contributed by atoms with van der Waals surface area (Å²) in [5.74, 6) is 1.62. The summed E-state index contributed by atoms with van der Waals surface area (Å²) < 4.78 is 5.24. The normalized spacial score (nSPS) is 14.7. The maximum atomic E-state index is 12.7. The number of hydrogen-bond acceptors (Lipinski definition) is 3. The van der Waals surface area contributed by atoms with Gasteiger partial charge in [0.2, 0.25) is 5.91 Å². The van der Waals surface area contributed by atoms with E-state index in [0.29, 0.717) is 18.9 Å². The molecule has 0 radical (unpaired) electrons. The predicted molar refractivity (Wildman–Crippen MR) is 178 cm³/mol. The van der Waals surface area contributed by atoms with Crippen LogP contribution >= 0.6 is 0 Å². The van der Waals surface area contributed by atoms with E-state index in [1.807, 2.05) is 24.3 Å². The van der Waals surface area contributed by atoms with Crippen LogP contribution in [0.3, 0.4) is 0 Å². The standard InChI is InChI=1S/C39H46N2O2/c1-43-36-24-20-31(21-25-36)22-26-38(42)40-29-11-28-39(34-14-4-2-5-15-34,35-16-6-3-7-17-35)27-10-12-32-19-23-33-13-8-9-18-37(33)41-30-32/h2-9,13-18,20-21,24-25,32,41H,10-12,19,22-23,26-30H2,1H3,(H,40,42). The molecule has 1 heterocycles. The van der Waals surface area contributed by atoms with E-state index in [4.69, 9.17) is 4.74 Å². The van der Waals surface area contributed by atoms with Crippen LogP contribution in [0.15, 0.2) is 109 Å². The number of aryl methyl sites for hydroxylation is 2. The lowest BCUT2D eigenvalue weighted by Gasteiger charge is -2.36. The highest BCUT2D eigenvalue weighted by Gasteiger charge is 2.33. The average molecular weight is 575 g/mol. The lowest BCUT2D eigenvalue weighted by molar-refractivity contribution is -0.121. The van der Waals surface area contributed by atoms with Gasteiger partial charge in [-0.2, -0.15) is 0 Å². The molecule has 0 spiro atoms. The second-order valence-corrected chi connectivity index (χ2v) is 12.0. The van der Waals surface area contributed by atoms with Crippen molar-refractivity contribution in [1.82, 2.24) is 5.32 Å². The largest absolute Gasteiger partial charge is 0.497 e. The molecule has 4 heteroatoms. The molecule has 0 aliphatic carbocycles. The number of rotatable bonds is 14. The maximum Gasteiger partial charge on any atom is 0.220 e. The van der Waals surface area contributed by atoms with Crippen molar-refractivity contribution >= 4 is 11.6 Å². The van der Waals surface area contributed by atoms with E-state index in [1.165, 1.54) is 41.6 Å². The fraction of sp³-hybridized carbons (Fsp3) is 0.359. The molecule has 4 aromatic carbocycles. The second-order valence-electron chi connectivity index (χ2n) is 12.0. The van der Waals surface area contributed by atoms with Gasteiger partial charge in [0, 0.05) is 30.6 Å². The Morgan fingerprint density at radius 1 is 0.837 bits per heavy atom. The third-order valence-electron chi connectivity index (χ3n) is 9.19. The van der Waals surface area contributed by atoms with Gasteiger partial charge in [0.05, 0.1) is 7.11 Å². The van der Waals surface area contributed by atoms with E-state index < -0.39 is 0 Å². The summed E-state index contributed by atoms with van der Waals surface area (Å²) in [6.07, 6.45) is 9.00. The zero-order chi connectivity index (χ0) is 29.7. The number of ether oxygens (including phenoxy) is 1. The van der Waals surface area contributed by atoms with Crippen molar-refractivity contribution < 1.29 is 9.53 Å². The molecule has 0 aromatic heterocycles. The van der Waals surface area contributed by atoms with Gasteiger partial charge in [-0.05, 0) is 91.3 Å². The first-order chi connectivity index (χ1) is 21.2. The van der Waals surface area contributed by atoms with Gasteiger partial charge in [-0.3, -0.25) is 4.79 Å². The van der Waals surface area contributed by atoms with Crippen molar-refractivity contribution in [2.45, 2.75) is 63.2 Å². The zero-order valence-corrected chi connectivity index (χ0v) is 25.6. The van der Waals surface area contributed by atoms with Crippen molar-refractivity contribution in [2.75, 3.05) is 25.5 Å². The van der Waals surface area contributed by atoms with E-state index in [1.54, 1.807) is 7.11 Å². The average Bonchev–Trinajstić information content (AvgIpc) is 3.28. The van der Waals surface area contributed by atoms with Crippen LogP contribution in [0.25, 0.3) is 0 Å². The molecule has 0 saturated heterocycles. The molecule has 0 bridgehead atoms. The number of nitrogens with one attached hydrogen (secondary N) is 2. The fourth-order valence-corrected chi connectivity index (χ4v) is 6.71. The van der Waals surface area contributed by atoms with Gasteiger partial charge in [0.25, 0.3) is 0 Å². The number of benzene rings is 4. The van der Waals surface area contributed by atoms with Crippen molar-refractivity contribution in [3.63, 3.8) is 0 Å². The molecule has 1 atom stereocenters. The number of methoxy groups -OCH3 is 1. The Bertz CT molecular complexity index is 1340. The third kappa shape index (κ3) is 8.28. The summed E-state index contributed by atoms with van der Waals surface area (Å²) in [7, 11) is 1.67. The number of anilines is 1. The lowest BCUT2D eigenvalue weighted by Crippen LogP contribution is -2.31. The molecule has 5 rings (SSSR count). The summed E-state index contributed by atoms with van der Waals surface area (Å²) in [5, 5.41) is 6.92. The molecular weight excluding hydrogens is 528 g/mol. The SMILES string of the molecule is COc1ccc(CCC(=O)NCCCC(CCCC2CCc3ccccc3NC2)(c2ccccc2)c2ccccc2)cc1. The molecule has 4 aromatic rings. The Balaban J connectivity index is 1.21. The van der Waals surface area contributed by atoms with Crippen LogP contribution in [-0.4, -0.2) is 26.1 Å². The minimum atomic E-state index is -0.0858.